The van der Waals surface area contributed by atoms with E-state index < -0.39 is 0 Å². The van der Waals surface area contributed by atoms with Gasteiger partial charge in [0.05, 0.1) is 12.7 Å². The summed E-state index contributed by atoms with van der Waals surface area (Å²) in [6, 6.07) is 20.8. The number of carbonyl (C=O) groups is 1. The van der Waals surface area contributed by atoms with Crippen molar-refractivity contribution in [3.63, 3.8) is 0 Å². The average Bonchev–Trinajstić information content (AvgIpc) is 3.03. The van der Waals surface area contributed by atoms with E-state index in [4.69, 9.17) is 4.74 Å². The van der Waals surface area contributed by atoms with Crippen LogP contribution < -0.4 is 5.32 Å². The summed E-state index contributed by atoms with van der Waals surface area (Å²) in [5.74, 6) is 0.0215. The molecule has 5 heteroatoms. The number of nitrogens with one attached hydrogen (secondary N) is 1. The molecular weight excluding hydrogens is 350 g/mol. The second-order valence-electron chi connectivity index (χ2n) is 7.45. The maximum Gasteiger partial charge on any atom is 0.240 e. The van der Waals surface area contributed by atoms with E-state index in [1.165, 1.54) is 10.9 Å². The lowest BCUT2D eigenvalue weighted by Crippen LogP contribution is -2.47. The zero-order valence-electron chi connectivity index (χ0n) is 16.3. The predicted octanol–water partition coefficient (Wildman–Crippen LogP) is 2.97. The quantitative estimate of drug-likeness (QED) is 0.718. The summed E-state index contributed by atoms with van der Waals surface area (Å²) in [6.45, 7) is 6.30. The third kappa shape index (κ3) is 4.43. The summed E-state index contributed by atoms with van der Waals surface area (Å²) in [5, 5.41) is 4.22. The van der Waals surface area contributed by atoms with Crippen molar-refractivity contribution in [2.75, 3.05) is 26.2 Å². The Balaban J connectivity index is 1.30. The molecule has 1 atom stereocenters. The van der Waals surface area contributed by atoms with Gasteiger partial charge in [0.2, 0.25) is 5.91 Å². The first-order chi connectivity index (χ1) is 13.7. The fraction of sp³-hybridized carbons (Fsp3) is 0.348. The molecule has 1 aromatic heterocycles. The number of aromatic nitrogens is 1. The Morgan fingerprint density at radius 1 is 1.14 bits per heavy atom. The molecule has 28 heavy (non-hydrogen) atoms. The first kappa shape index (κ1) is 18.7. The fourth-order valence-corrected chi connectivity index (χ4v) is 3.87. The molecule has 0 spiro atoms. The van der Waals surface area contributed by atoms with Crippen LogP contribution in [0.5, 0.6) is 0 Å². The van der Waals surface area contributed by atoms with Gasteiger partial charge in [-0.3, -0.25) is 9.69 Å². The van der Waals surface area contributed by atoms with Crippen LogP contribution in [-0.4, -0.2) is 47.7 Å². The molecule has 3 aromatic rings. The lowest BCUT2D eigenvalue weighted by molar-refractivity contribution is -0.122. The van der Waals surface area contributed by atoms with Crippen LogP contribution >= 0.6 is 0 Å². The second kappa shape index (κ2) is 8.59. The lowest BCUT2D eigenvalue weighted by Gasteiger charge is -2.33. The molecule has 1 amide bonds. The van der Waals surface area contributed by atoms with Gasteiger partial charge in [0.1, 0.15) is 6.54 Å². The van der Waals surface area contributed by atoms with E-state index in [1.54, 1.807) is 0 Å². The van der Waals surface area contributed by atoms with Gasteiger partial charge in [-0.1, -0.05) is 48.5 Å². The number of benzene rings is 2. The molecule has 1 aliphatic heterocycles. The Kier molecular flexibility index (Phi) is 5.74. The number of nitrogens with zero attached hydrogens (tertiary/aromatic N) is 2. The smallest absolute Gasteiger partial charge is 0.240 e. The standard InChI is InChI=1S/C23H27N3O2/c1-18-13-20-9-5-6-10-22(20)26(18)17-23(27)24-14-21-16-25(11-12-28-21)15-19-7-3-2-4-8-19/h2-10,13,21H,11-12,14-17H2,1H3,(H,24,27). The Labute approximate surface area is 165 Å². The highest BCUT2D eigenvalue weighted by atomic mass is 16.5. The Bertz CT molecular complexity index is 935. The molecule has 5 nitrogen and oxygen atoms in total. The highest BCUT2D eigenvalue weighted by Crippen LogP contribution is 2.19. The number of carbonyl (C=O) groups excluding carboxylic acids is 1. The number of aryl methyl sites for hydroxylation is 1. The van der Waals surface area contributed by atoms with Crippen molar-refractivity contribution in [3.8, 4) is 0 Å². The van der Waals surface area contributed by atoms with Gasteiger partial charge in [-0.15, -0.1) is 0 Å². The van der Waals surface area contributed by atoms with Gasteiger partial charge in [-0.05, 0) is 30.0 Å². The number of ether oxygens (including phenoxy) is 1. The number of rotatable bonds is 6. The molecule has 146 valence electrons. The Hall–Kier alpha value is -2.63. The van der Waals surface area contributed by atoms with Crippen molar-refractivity contribution in [3.05, 3.63) is 71.9 Å². The molecule has 1 fully saturated rings. The van der Waals surface area contributed by atoms with E-state index in [9.17, 15) is 4.79 Å². The Morgan fingerprint density at radius 3 is 2.79 bits per heavy atom. The Morgan fingerprint density at radius 2 is 1.93 bits per heavy atom. The summed E-state index contributed by atoms with van der Waals surface area (Å²) in [4.78, 5) is 14.9. The van der Waals surface area contributed by atoms with E-state index in [0.717, 1.165) is 30.8 Å². The highest BCUT2D eigenvalue weighted by molar-refractivity contribution is 5.84. The lowest BCUT2D eigenvalue weighted by atomic mass is 10.2. The zero-order valence-corrected chi connectivity index (χ0v) is 16.3. The molecule has 1 unspecified atom stereocenters. The second-order valence-corrected chi connectivity index (χ2v) is 7.45. The molecule has 1 aliphatic rings. The third-order valence-electron chi connectivity index (χ3n) is 5.32. The van der Waals surface area contributed by atoms with Crippen LogP contribution in [0, 0.1) is 6.92 Å². The summed E-state index contributed by atoms with van der Waals surface area (Å²) in [5.41, 5.74) is 3.50. The van der Waals surface area contributed by atoms with Gasteiger partial charge in [0.15, 0.2) is 0 Å². The van der Waals surface area contributed by atoms with Crippen molar-refractivity contribution in [2.45, 2.75) is 26.1 Å². The van der Waals surface area contributed by atoms with Crippen molar-refractivity contribution in [2.24, 2.45) is 0 Å². The van der Waals surface area contributed by atoms with E-state index in [0.29, 0.717) is 19.7 Å². The van der Waals surface area contributed by atoms with Gasteiger partial charge in [-0.2, -0.15) is 0 Å². The summed E-state index contributed by atoms with van der Waals surface area (Å²) in [7, 11) is 0. The van der Waals surface area contributed by atoms with Gasteiger partial charge in [0.25, 0.3) is 0 Å². The van der Waals surface area contributed by atoms with Gasteiger partial charge in [-0.25, -0.2) is 0 Å². The van der Waals surface area contributed by atoms with E-state index >= 15 is 0 Å². The van der Waals surface area contributed by atoms with Crippen LogP contribution in [0.1, 0.15) is 11.3 Å². The first-order valence-corrected chi connectivity index (χ1v) is 9.88. The van der Waals surface area contributed by atoms with Crippen LogP contribution in [0.4, 0.5) is 0 Å². The van der Waals surface area contributed by atoms with E-state index in [2.05, 4.69) is 57.2 Å². The van der Waals surface area contributed by atoms with Crippen LogP contribution in [0.3, 0.4) is 0 Å². The van der Waals surface area contributed by atoms with Crippen LogP contribution in [0.15, 0.2) is 60.7 Å². The number of hydrogen-bond donors (Lipinski definition) is 1. The monoisotopic (exact) mass is 377 g/mol. The number of hydrogen-bond acceptors (Lipinski definition) is 3. The summed E-state index contributed by atoms with van der Waals surface area (Å²) in [6.07, 6.45) is 0.0314. The van der Waals surface area contributed by atoms with Crippen molar-refractivity contribution >= 4 is 16.8 Å². The SMILES string of the molecule is Cc1cc2ccccc2n1CC(=O)NCC1CN(Cc2ccccc2)CCO1. The molecule has 1 N–H and O–H groups in total. The predicted molar refractivity (Wildman–Crippen MR) is 111 cm³/mol. The first-order valence-electron chi connectivity index (χ1n) is 9.88. The molecule has 4 rings (SSSR count). The van der Waals surface area contributed by atoms with Crippen molar-refractivity contribution < 1.29 is 9.53 Å². The minimum absolute atomic E-state index is 0.0215. The maximum atomic E-state index is 12.5. The maximum absolute atomic E-state index is 12.5. The molecule has 0 aliphatic carbocycles. The van der Waals surface area contributed by atoms with Gasteiger partial charge < -0.3 is 14.6 Å². The van der Waals surface area contributed by atoms with Crippen LogP contribution in [0.2, 0.25) is 0 Å². The van der Waals surface area contributed by atoms with E-state index in [-0.39, 0.29) is 12.0 Å². The molecule has 2 aromatic carbocycles. The summed E-state index contributed by atoms with van der Waals surface area (Å²) >= 11 is 0. The summed E-state index contributed by atoms with van der Waals surface area (Å²) < 4.78 is 7.93. The van der Waals surface area contributed by atoms with Crippen molar-refractivity contribution in [1.29, 1.82) is 0 Å². The molecule has 0 radical (unpaired) electrons. The molecule has 2 heterocycles. The minimum atomic E-state index is 0.0215. The molecule has 1 saturated heterocycles. The van der Waals surface area contributed by atoms with Gasteiger partial charge >= 0.3 is 0 Å². The van der Waals surface area contributed by atoms with Gasteiger partial charge in [0, 0.05) is 37.4 Å². The molecule has 0 saturated carbocycles. The zero-order chi connectivity index (χ0) is 19.3. The average molecular weight is 377 g/mol. The highest BCUT2D eigenvalue weighted by Gasteiger charge is 2.21. The largest absolute Gasteiger partial charge is 0.374 e. The van der Waals surface area contributed by atoms with Crippen LogP contribution in [0.25, 0.3) is 10.9 Å². The van der Waals surface area contributed by atoms with Crippen LogP contribution in [-0.2, 0) is 22.6 Å². The van der Waals surface area contributed by atoms with E-state index in [1.807, 2.05) is 25.1 Å². The normalized spacial score (nSPS) is 17.7. The number of para-hydroxylation sites is 1. The molecule has 0 bridgehead atoms. The number of amides is 1. The fourth-order valence-electron chi connectivity index (χ4n) is 3.87. The van der Waals surface area contributed by atoms with Crippen molar-refractivity contribution in [1.82, 2.24) is 14.8 Å². The topological polar surface area (TPSA) is 46.5 Å². The third-order valence-corrected chi connectivity index (χ3v) is 5.32. The molecular formula is C23H27N3O2. The number of morpholine rings is 1. The number of fused-ring (bicyclic) bond motifs is 1. The minimum Gasteiger partial charge on any atom is -0.374 e.